The summed E-state index contributed by atoms with van der Waals surface area (Å²) < 4.78 is 5.99. The van der Waals surface area contributed by atoms with E-state index in [1.165, 1.54) is 34.9 Å². The Morgan fingerprint density at radius 3 is 3.18 bits per heavy atom. The van der Waals surface area contributed by atoms with Crippen LogP contribution in [0, 0.1) is 0 Å². The first-order valence-corrected chi connectivity index (χ1v) is 10.7. The first-order chi connectivity index (χ1) is 13.7. The number of carbonyl (C=O) groups is 1. The molecule has 0 amide bonds. The first kappa shape index (κ1) is 16.8. The lowest BCUT2D eigenvalue weighted by atomic mass is 9.78. The summed E-state index contributed by atoms with van der Waals surface area (Å²) in [5, 5.41) is 5.13. The van der Waals surface area contributed by atoms with Crippen LogP contribution in [0.3, 0.4) is 0 Å². The fourth-order valence-corrected chi connectivity index (χ4v) is 6.25. The van der Waals surface area contributed by atoms with E-state index in [-0.39, 0.29) is 11.6 Å². The number of hydrogen-bond acceptors (Lipinski definition) is 4. The summed E-state index contributed by atoms with van der Waals surface area (Å²) in [6.45, 7) is 2.07. The Morgan fingerprint density at radius 2 is 2.21 bits per heavy atom. The van der Waals surface area contributed by atoms with Gasteiger partial charge in [-0.1, -0.05) is 30.7 Å². The lowest BCUT2D eigenvalue weighted by molar-refractivity contribution is -0.149. The molecule has 146 valence electrons. The Balaban J connectivity index is 1.22. The monoisotopic (exact) mass is 377 g/mol. The van der Waals surface area contributed by atoms with E-state index in [0.29, 0.717) is 24.5 Å². The number of aromatic amines is 1. The molecule has 3 fully saturated rings. The molecule has 4 atom stereocenters. The lowest BCUT2D eigenvalue weighted by Gasteiger charge is -2.37. The molecule has 1 aromatic carbocycles. The molecule has 6 rings (SSSR count). The zero-order valence-corrected chi connectivity index (χ0v) is 16.1. The van der Waals surface area contributed by atoms with Gasteiger partial charge >= 0.3 is 5.97 Å². The van der Waals surface area contributed by atoms with Gasteiger partial charge in [-0.15, -0.1) is 0 Å². The standard InChI is InChI=1S/C23H27N3O2/c27-22-12-16-11-19(20-13-23(16,28-22)21-7-3-4-10-26(20)21)24-9-8-15-14-25-18-6-2-1-5-17(15)18/h1-2,5-6,11,14,19-21,24-25H,3-4,7-10,12-13H2/t19-,20-,21+,23-/m0/s1. The summed E-state index contributed by atoms with van der Waals surface area (Å²) in [6, 6.07) is 9.64. The predicted octanol–water partition coefficient (Wildman–Crippen LogP) is 2.92. The van der Waals surface area contributed by atoms with Gasteiger partial charge in [-0.25, -0.2) is 0 Å². The van der Waals surface area contributed by atoms with Crippen LogP contribution in [0.25, 0.3) is 10.9 Å². The fourth-order valence-electron chi connectivity index (χ4n) is 6.25. The predicted molar refractivity (Wildman–Crippen MR) is 108 cm³/mol. The Bertz CT molecular complexity index is 964. The van der Waals surface area contributed by atoms with E-state index in [1.807, 2.05) is 0 Å². The van der Waals surface area contributed by atoms with Gasteiger partial charge in [0.05, 0.1) is 12.5 Å². The second-order valence-electron chi connectivity index (χ2n) is 8.84. The van der Waals surface area contributed by atoms with Gasteiger partial charge in [-0.05, 0) is 49.6 Å². The molecule has 4 heterocycles. The van der Waals surface area contributed by atoms with Gasteiger partial charge < -0.3 is 15.0 Å². The zero-order valence-electron chi connectivity index (χ0n) is 16.1. The van der Waals surface area contributed by atoms with Crippen molar-refractivity contribution < 1.29 is 9.53 Å². The highest BCUT2D eigenvalue weighted by Gasteiger charge is 2.63. The van der Waals surface area contributed by atoms with Crippen LogP contribution in [0.2, 0.25) is 0 Å². The zero-order chi connectivity index (χ0) is 18.7. The van der Waals surface area contributed by atoms with E-state index in [2.05, 4.69) is 51.7 Å². The van der Waals surface area contributed by atoms with Crippen molar-refractivity contribution in [2.75, 3.05) is 13.1 Å². The number of H-pyrrole nitrogens is 1. The van der Waals surface area contributed by atoms with Crippen molar-refractivity contribution in [2.45, 2.75) is 62.3 Å². The average Bonchev–Trinajstić information content (AvgIpc) is 3.36. The minimum Gasteiger partial charge on any atom is -0.453 e. The fraction of sp³-hybridized carbons (Fsp3) is 0.522. The molecule has 0 radical (unpaired) electrons. The second-order valence-corrected chi connectivity index (χ2v) is 8.84. The van der Waals surface area contributed by atoms with Crippen LogP contribution < -0.4 is 5.32 Å². The van der Waals surface area contributed by atoms with E-state index in [1.54, 1.807) is 0 Å². The summed E-state index contributed by atoms with van der Waals surface area (Å²) in [5.74, 6) is -0.0307. The Hall–Kier alpha value is -2.11. The number of aromatic nitrogens is 1. The number of benzene rings is 1. The number of nitrogens with zero attached hydrogens (tertiary/aromatic N) is 1. The second kappa shape index (κ2) is 6.19. The lowest BCUT2D eigenvalue weighted by Crippen LogP contribution is -2.50. The molecule has 1 spiro atoms. The van der Waals surface area contributed by atoms with Crippen LogP contribution in [-0.2, 0) is 16.0 Å². The number of hydrogen-bond donors (Lipinski definition) is 2. The first-order valence-electron chi connectivity index (χ1n) is 10.7. The van der Waals surface area contributed by atoms with Crippen molar-refractivity contribution in [3.05, 3.63) is 47.7 Å². The summed E-state index contributed by atoms with van der Waals surface area (Å²) in [6.07, 6.45) is 10.6. The number of piperidine rings is 1. The molecule has 3 aliphatic heterocycles. The van der Waals surface area contributed by atoms with Crippen LogP contribution in [0.15, 0.2) is 42.1 Å². The molecule has 3 saturated heterocycles. The summed E-state index contributed by atoms with van der Waals surface area (Å²) in [7, 11) is 0. The van der Waals surface area contributed by atoms with Gasteiger partial charge in [0.15, 0.2) is 5.60 Å². The largest absolute Gasteiger partial charge is 0.453 e. The normalized spacial score (nSPS) is 34.2. The Labute approximate surface area is 165 Å². The maximum atomic E-state index is 12.2. The number of ether oxygens (including phenoxy) is 1. The third-order valence-electron chi connectivity index (χ3n) is 7.44. The molecule has 1 aliphatic carbocycles. The van der Waals surface area contributed by atoms with Crippen LogP contribution in [-0.4, -0.2) is 52.7 Å². The van der Waals surface area contributed by atoms with E-state index in [9.17, 15) is 4.79 Å². The quantitative estimate of drug-likeness (QED) is 0.635. The highest BCUT2D eigenvalue weighted by Crippen LogP contribution is 2.53. The van der Waals surface area contributed by atoms with Crippen molar-refractivity contribution >= 4 is 16.9 Å². The molecular weight excluding hydrogens is 350 g/mol. The van der Waals surface area contributed by atoms with Crippen molar-refractivity contribution in [1.82, 2.24) is 15.2 Å². The molecule has 4 aliphatic rings. The molecule has 28 heavy (non-hydrogen) atoms. The topological polar surface area (TPSA) is 57.4 Å². The molecule has 1 aromatic heterocycles. The molecule has 5 heteroatoms. The minimum absolute atomic E-state index is 0.0307. The molecule has 0 saturated carbocycles. The maximum Gasteiger partial charge on any atom is 0.311 e. The summed E-state index contributed by atoms with van der Waals surface area (Å²) in [4.78, 5) is 18.2. The summed E-state index contributed by atoms with van der Waals surface area (Å²) >= 11 is 0. The SMILES string of the molecule is O=C1CC2=C[C@H](NCCc3c[nH]c4ccccc34)[C@@H]3C[C@@]2(O1)[C@H]1CCCCN31. The van der Waals surface area contributed by atoms with Crippen LogP contribution in [0.1, 0.15) is 37.7 Å². The number of carbonyl (C=O) groups excluding carboxylic acids is 1. The summed E-state index contributed by atoms with van der Waals surface area (Å²) in [5.41, 5.74) is 3.50. The molecule has 5 nitrogen and oxygen atoms in total. The van der Waals surface area contributed by atoms with Crippen LogP contribution in [0.5, 0.6) is 0 Å². The highest BCUT2D eigenvalue weighted by molar-refractivity contribution is 5.83. The maximum absolute atomic E-state index is 12.2. The molecule has 0 unspecified atom stereocenters. The number of nitrogens with one attached hydrogen (secondary N) is 2. The van der Waals surface area contributed by atoms with E-state index in [4.69, 9.17) is 4.74 Å². The molecule has 2 aromatic rings. The Kier molecular flexibility index (Phi) is 3.72. The smallest absolute Gasteiger partial charge is 0.311 e. The third-order valence-corrected chi connectivity index (χ3v) is 7.44. The number of rotatable bonds is 4. The van der Waals surface area contributed by atoms with Gasteiger partial charge in [-0.2, -0.15) is 0 Å². The van der Waals surface area contributed by atoms with Gasteiger partial charge in [0.25, 0.3) is 0 Å². The Morgan fingerprint density at radius 1 is 1.29 bits per heavy atom. The van der Waals surface area contributed by atoms with E-state index < -0.39 is 0 Å². The number of para-hydroxylation sites is 1. The molecular formula is C23H27N3O2. The van der Waals surface area contributed by atoms with Gasteiger partial charge in [-0.3, -0.25) is 9.69 Å². The molecule has 2 bridgehead atoms. The number of fused-ring (bicyclic) bond motifs is 4. The van der Waals surface area contributed by atoms with Crippen molar-refractivity contribution in [1.29, 1.82) is 0 Å². The van der Waals surface area contributed by atoms with Gasteiger partial charge in [0, 0.05) is 35.6 Å². The number of esters is 1. The third kappa shape index (κ3) is 2.36. The highest BCUT2D eigenvalue weighted by atomic mass is 16.6. The van der Waals surface area contributed by atoms with E-state index in [0.717, 1.165) is 32.4 Å². The average molecular weight is 377 g/mol. The van der Waals surface area contributed by atoms with Gasteiger partial charge in [0.2, 0.25) is 0 Å². The van der Waals surface area contributed by atoms with Crippen LogP contribution in [0.4, 0.5) is 0 Å². The molecule has 2 N–H and O–H groups in total. The van der Waals surface area contributed by atoms with Crippen LogP contribution >= 0.6 is 0 Å². The minimum atomic E-state index is -0.308. The van der Waals surface area contributed by atoms with Crippen molar-refractivity contribution in [3.8, 4) is 0 Å². The van der Waals surface area contributed by atoms with Crippen molar-refractivity contribution in [2.24, 2.45) is 0 Å². The van der Waals surface area contributed by atoms with E-state index >= 15 is 0 Å². The van der Waals surface area contributed by atoms with Gasteiger partial charge in [0.1, 0.15) is 0 Å². The van der Waals surface area contributed by atoms with Crippen molar-refractivity contribution in [3.63, 3.8) is 0 Å².